The predicted octanol–water partition coefficient (Wildman–Crippen LogP) is 2.18. The summed E-state index contributed by atoms with van der Waals surface area (Å²) in [5, 5.41) is 2.86. The molecule has 0 radical (unpaired) electrons. The van der Waals surface area contributed by atoms with Gasteiger partial charge in [-0.1, -0.05) is 20.3 Å². The van der Waals surface area contributed by atoms with Gasteiger partial charge in [-0.3, -0.25) is 9.59 Å². The highest BCUT2D eigenvalue weighted by atomic mass is 16.2. The van der Waals surface area contributed by atoms with Crippen LogP contribution in [0.4, 0.5) is 0 Å². The Morgan fingerprint density at radius 1 is 1.16 bits per heavy atom. The maximum absolute atomic E-state index is 12.4. The molecule has 0 spiro atoms. The van der Waals surface area contributed by atoms with Gasteiger partial charge in [0.15, 0.2) is 0 Å². The quantitative estimate of drug-likeness (QED) is 0.802. The molecular weight excluding hydrogens is 240 g/mol. The number of nitrogens with zero attached hydrogens (tertiary/aromatic N) is 1. The van der Waals surface area contributed by atoms with Crippen LogP contribution < -0.4 is 5.32 Å². The van der Waals surface area contributed by atoms with Crippen molar-refractivity contribution < 1.29 is 9.59 Å². The van der Waals surface area contributed by atoms with Crippen molar-refractivity contribution in [1.82, 2.24) is 10.2 Å². The van der Waals surface area contributed by atoms with E-state index in [-0.39, 0.29) is 23.8 Å². The summed E-state index contributed by atoms with van der Waals surface area (Å²) >= 11 is 0. The van der Waals surface area contributed by atoms with Gasteiger partial charge in [0.2, 0.25) is 11.8 Å². The maximum Gasteiger partial charge on any atom is 0.245 e. The van der Waals surface area contributed by atoms with Crippen LogP contribution in [0.2, 0.25) is 0 Å². The van der Waals surface area contributed by atoms with Gasteiger partial charge in [-0.05, 0) is 39.5 Å². The van der Waals surface area contributed by atoms with Crippen molar-refractivity contribution in [3.8, 4) is 0 Å². The lowest BCUT2D eigenvalue weighted by Gasteiger charge is -2.32. The van der Waals surface area contributed by atoms with E-state index in [9.17, 15) is 9.59 Å². The first-order chi connectivity index (χ1) is 8.82. The number of hydrogen-bond acceptors (Lipinski definition) is 2. The molecule has 1 saturated carbocycles. The van der Waals surface area contributed by atoms with Crippen molar-refractivity contribution in [3.05, 3.63) is 0 Å². The van der Waals surface area contributed by atoms with Crippen molar-refractivity contribution >= 4 is 11.8 Å². The molecule has 2 amide bonds. The SMILES string of the molecule is CC(C)CN(C(=O)[C@H](C)NC(=O)C1CCC1)C(C)C. The van der Waals surface area contributed by atoms with E-state index >= 15 is 0 Å². The maximum atomic E-state index is 12.4. The molecule has 1 atom stereocenters. The van der Waals surface area contributed by atoms with Gasteiger partial charge in [0.25, 0.3) is 0 Å². The normalized spacial score (nSPS) is 17.2. The van der Waals surface area contributed by atoms with Crippen LogP contribution in [0.15, 0.2) is 0 Å². The molecule has 19 heavy (non-hydrogen) atoms. The van der Waals surface area contributed by atoms with Crippen LogP contribution in [0.3, 0.4) is 0 Å². The minimum Gasteiger partial charge on any atom is -0.344 e. The summed E-state index contributed by atoms with van der Waals surface area (Å²) in [6, 6.07) is -0.257. The van der Waals surface area contributed by atoms with Crippen molar-refractivity contribution in [1.29, 1.82) is 0 Å². The second-order valence-electron chi connectivity index (χ2n) is 6.34. The van der Waals surface area contributed by atoms with E-state index in [1.165, 1.54) is 0 Å². The molecule has 0 unspecified atom stereocenters. The molecule has 0 aromatic heterocycles. The topological polar surface area (TPSA) is 49.4 Å². The fourth-order valence-corrected chi connectivity index (χ4v) is 2.26. The first-order valence-corrected chi connectivity index (χ1v) is 7.43. The van der Waals surface area contributed by atoms with Crippen LogP contribution in [-0.2, 0) is 9.59 Å². The molecule has 4 heteroatoms. The first-order valence-electron chi connectivity index (χ1n) is 7.43. The number of carbonyl (C=O) groups excluding carboxylic acids is 2. The molecule has 1 N–H and O–H groups in total. The molecule has 1 fully saturated rings. The van der Waals surface area contributed by atoms with E-state index in [4.69, 9.17) is 0 Å². The van der Waals surface area contributed by atoms with Gasteiger partial charge in [-0.25, -0.2) is 0 Å². The van der Waals surface area contributed by atoms with E-state index in [1.807, 2.05) is 18.7 Å². The Hall–Kier alpha value is -1.06. The Labute approximate surface area is 116 Å². The van der Waals surface area contributed by atoms with Gasteiger partial charge in [0.1, 0.15) is 6.04 Å². The summed E-state index contributed by atoms with van der Waals surface area (Å²) in [4.78, 5) is 26.1. The zero-order chi connectivity index (χ0) is 14.6. The highest BCUT2D eigenvalue weighted by molar-refractivity contribution is 5.88. The molecule has 0 saturated heterocycles. The second kappa shape index (κ2) is 6.92. The van der Waals surface area contributed by atoms with Gasteiger partial charge in [-0.2, -0.15) is 0 Å². The summed E-state index contributed by atoms with van der Waals surface area (Å²) in [6.07, 6.45) is 3.06. The average Bonchev–Trinajstić information content (AvgIpc) is 2.21. The molecule has 1 rings (SSSR count). The molecule has 0 bridgehead atoms. The predicted molar refractivity (Wildman–Crippen MR) is 76.6 cm³/mol. The molecule has 0 aromatic carbocycles. The van der Waals surface area contributed by atoms with Crippen molar-refractivity contribution in [2.24, 2.45) is 11.8 Å². The molecule has 4 nitrogen and oxygen atoms in total. The van der Waals surface area contributed by atoms with Gasteiger partial charge in [0.05, 0.1) is 0 Å². The monoisotopic (exact) mass is 268 g/mol. The summed E-state index contributed by atoms with van der Waals surface area (Å²) in [6.45, 7) is 10.7. The highest BCUT2D eigenvalue weighted by Crippen LogP contribution is 2.26. The number of nitrogens with one attached hydrogen (secondary N) is 1. The van der Waals surface area contributed by atoms with Gasteiger partial charge in [0, 0.05) is 18.5 Å². The smallest absolute Gasteiger partial charge is 0.245 e. The van der Waals surface area contributed by atoms with E-state index in [0.29, 0.717) is 5.92 Å². The minimum absolute atomic E-state index is 0.0244. The number of rotatable bonds is 6. The Balaban J connectivity index is 2.54. The van der Waals surface area contributed by atoms with Crippen molar-refractivity contribution in [2.75, 3.05) is 6.54 Å². The van der Waals surface area contributed by atoms with E-state index in [2.05, 4.69) is 19.2 Å². The van der Waals surface area contributed by atoms with E-state index < -0.39 is 6.04 Å². The highest BCUT2D eigenvalue weighted by Gasteiger charge is 2.29. The third kappa shape index (κ3) is 4.51. The summed E-state index contributed by atoms with van der Waals surface area (Å²) < 4.78 is 0. The number of hydrogen-bond donors (Lipinski definition) is 1. The van der Waals surface area contributed by atoms with Crippen LogP contribution in [0.1, 0.15) is 53.9 Å². The lowest BCUT2D eigenvalue weighted by atomic mass is 9.84. The van der Waals surface area contributed by atoms with Crippen LogP contribution >= 0.6 is 0 Å². The zero-order valence-electron chi connectivity index (χ0n) is 12.9. The first kappa shape index (κ1) is 16.0. The molecule has 0 heterocycles. The van der Waals surface area contributed by atoms with E-state index in [1.54, 1.807) is 6.92 Å². The van der Waals surface area contributed by atoms with Crippen molar-refractivity contribution in [2.45, 2.75) is 66.0 Å². The average molecular weight is 268 g/mol. The minimum atomic E-state index is -0.422. The summed E-state index contributed by atoms with van der Waals surface area (Å²) in [5.41, 5.74) is 0. The van der Waals surface area contributed by atoms with E-state index in [0.717, 1.165) is 25.8 Å². The van der Waals surface area contributed by atoms with Crippen LogP contribution in [0.5, 0.6) is 0 Å². The largest absolute Gasteiger partial charge is 0.344 e. The lowest BCUT2D eigenvalue weighted by molar-refractivity contribution is -0.139. The lowest BCUT2D eigenvalue weighted by Crippen LogP contribution is -2.51. The molecular formula is C15H28N2O2. The standard InChI is InChI=1S/C15H28N2O2/c1-10(2)9-17(11(3)4)15(19)12(5)16-14(18)13-7-6-8-13/h10-13H,6-9H2,1-5H3,(H,16,18)/t12-/m0/s1. The molecule has 1 aliphatic rings. The molecule has 0 aromatic rings. The fourth-order valence-electron chi connectivity index (χ4n) is 2.26. The van der Waals surface area contributed by atoms with Crippen LogP contribution in [0, 0.1) is 11.8 Å². The Morgan fingerprint density at radius 3 is 2.11 bits per heavy atom. The molecule has 1 aliphatic carbocycles. The Bertz CT molecular complexity index is 322. The second-order valence-corrected chi connectivity index (χ2v) is 6.34. The molecule has 110 valence electrons. The summed E-state index contributed by atoms with van der Waals surface area (Å²) in [5.74, 6) is 0.630. The number of carbonyl (C=O) groups is 2. The van der Waals surface area contributed by atoms with Crippen molar-refractivity contribution in [3.63, 3.8) is 0 Å². The fraction of sp³-hybridized carbons (Fsp3) is 0.867. The van der Waals surface area contributed by atoms with Gasteiger partial charge in [-0.15, -0.1) is 0 Å². The summed E-state index contributed by atoms with van der Waals surface area (Å²) in [7, 11) is 0. The molecule has 0 aliphatic heterocycles. The zero-order valence-corrected chi connectivity index (χ0v) is 12.9. The van der Waals surface area contributed by atoms with Gasteiger partial charge < -0.3 is 10.2 Å². The Kier molecular flexibility index (Phi) is 5.83. The van der Waals surface area contributed by atoms with Crippen LogP contribution in [0.25, 0.3) is 0 Å². The third-order valence-electron chi connectivity index (χ3n) is 3.67. The van der Waals surface area contributed by atoms with Gasteiger partial charge >= 0.3 is 0 Å². The third-order valence-corrected chi connectivity index (χ3v) is 3.67. The number of amides is 2. The Morgan fingerprint density at radius 2 is 1.74 bits per heavy atom. The van der Waals surface area contributed by atoms with Crippen LogP contribution in [-0.4, -0.2) is 35.3 Å².